The number of alkyl halides is 1. The van der Waals surface area contributed by atoms with E-state index in [0.717, 1.165) is 12.1 Å². The van der Waals surface area contributed by atoms with Crippen molar-refractivity contribution >= 4 is 17.6 Å². The van der Waals surface area contributed by atoms with Crippen LogP contribution in [0.15, 0.2) is 48.5 Å². The molecule has 1 unspecified atom stereocenters. The van der Waals surface area contributed by atoms with Crippen LogP contribution in [0.1, 0.15) is 34.0 Å². The van der Waals surface area contributed by atoms with Crippen LogP contribution in [-0.2, 0) is 11.4 Å². The fourth-order valence-electron chi connectivity index (χ4n) is 3.82. The maximum atomic E-state index is 14.3. The quantitative estimate of drug-likeness (QED) is 0.390. The van der Waals surface area contributed by atoms with Gasteiger partial charge < -0.3 is 25.0 Å². The molecule has 1 saturated heterocycles. The Labute approximate surface area is 228 Å². The van der Waals surface area contributed by atoms with Gasteiger partial charge in [0, 0.05) is 61.3 Å². The van der Waals surface area contributed by atoms with Crippen LogP contribution in [0.5, 0.6) is 11.5 Å². The van der Waals surface area contributed by atoms with Crippen LogP contribution in [0.4, 0.5) is 23.4 Å². The topological polar surface area (TPSA) is 121 Å². The number of nitrogens with zero attached hydrogens (tertiary/aromatic N) is 2. The molecule has 0 saturated carbocycles. The predicted molar refractivity (Wildman–Crippen MR) is 137 cm³/mol. The largest absolute Gasteiger partial charge is 0.497 e. The summed E-state index contributed by atoms with van der Waals surface area (Å²) in [6.45, 7) is -1.50. The normalized spacial score (nSPS) is 14.0. The number of nitrogens with one attached hydrogen (secondary N) is 1. The third-order valence-corrected chi connectivity index (χ3v) is 5.67. The number of amides is 2. The first-order valence-electron chi connectivity index (χ1n) is 11.8. The van der Waals surface area contributed by atoms with Gasteiger partial charge in [0.15, 0.2) is 6.86 Å². The third kappa shape index (κ3) is 8.38. The van der Waals surface area contributed by atoms with Gasteiger partial charge in [-0.15, -0.1) is 0 Å². The number of aliphatic hydroxyl groups is 2. The van der Waals surface area contributed by atoms with E-state index in [1.54, 1.807) is 12.1 Å². The van der Waals surface area contributed by atoms with E-state index in [-0.39, 0.29) is 54.3 Å². The van der Waals surface area contributed by atoms with E-state index in [4.69, 9.17) is 14.6 Å². The molecule has 2 aromatic carbocycles. The number of halogens is 4. The first-order valence-corrected chi connectivity index (χ1v) is 11.8. The van der Waals surface area contributed by atoms with Crippen molar-refractivity contribution in [3.8, 4) is 11.5 Å². The molecule has 1 aliphatic heterocycles. The van der Waals surface area contributed by atoms with E-state index >= 15 is 0 Å². The highest BCUT2D eigenvalue weighted by Gasteiger charge is 2.36. The number of carbonyl (C=O) groups is 2. The van der Waals surface area contributed by atoms with Gasteiger partial charge in [-0.1, -0.05) is 0 Å². The smallest absolute Gasteiger partial charge is 0.251 e. The van der Waals surface area contributed by atoms with Crippen molar-refractivity contribution in [3.05, 3.63) is 82.8 Å². The van der Waals surface area contributed by atoms with Crippen LogP contribution in [0.25, 0.3) is 0 Å². The van der Waals surface area contributed by atoms with E-state index in [2.05, 4.69) is 10.3 Å². The Bertz CT molecular complexity index is 1250. The molecule has 216 valence electrons. The lowest BCUT2D eigenvalue weighted by Gasteiger charge is -2.18. The van der Waals surface area contributed by atoms with Crippen LogP contribution >= 0.6 is 0 Å². The summed E-state index contributed by atoms with van der Waals surface area (Å²) in [6, 6.07) is 10.7. The van der Waals surface area contributed by atoms with Crippen molar-refractivity contribution in [2.24, 2.45) is 0 Å². The number of aromatic nitrogens is 1. The van der Waals surface area contributed by atoms with Gasteiger partial charge in [0.2, 0.25) is 5.91 Å². The summed E-state index contributed by atoms with van der Waals surface area (Å²) in [5, 5.41) is 18.7. The maximum absolute atomic E-state index is 14.3. The molecule has 3 N–H and O–H groups in total. The number of benzene rings is 2. The van der Waals surface area contributed by atoms with E-state index in [1.807, 2.05) is 0 Å². The summed E-state index contributed by atoms with van der Waals surface area (Å²) in [5.74, 6) is -2.23. The predicted octanol–water partition coefficient (Wildman–Crippen LogP) is 3.48. The van der Waals surface area contributed by atoms with Crippen LogP contribution in [0.3, 0.4) is 0 Å². The third-order valence-electron chi connectivity index (χ3n) is 5.67. The molecule has 1 atom stereocenters. The summed E-state index contributed by atoms with van der Waals surface area (Å²) in [6.07, 6.45) is -0.0481. The first-order chi connectivity index (χ1) is 19.1. The molecule has 0 radical (unpaired) electrons. The molecule has 40 heavy (non-hydrogen) atoms. The van der Waals surface area contributed by atoms with E-state index in [9.17, 15) is 32.3 Å². The van der Waals surface area contributed by atoms with E-state index in [0.29, 0.717) is 17.0 Å². The molecule has 0 bridgehead atoms. The Hall–Kier alpha value is -4.23. The van der Waals surface area contributed by atoms with Crippen LogP contribution in [0, 0.1) is 17.5 Å². The van der Waals surface area contributed by atoms with E-state index in [1.165, 1.54) is 50.4 Å². The molecule has 1 aliphatic rings. The van der Waals surface area contributed by atoms with Crippen molar-refractivity contribution in [3.63, 3.8) is 0 Å². The lowest BCUT2D eigenvalue weighted by Crippen LogP contribution is -2.26. The van der Waals surface area contributed by atoms with E-state index < -0.39 is 24.4 Å². The lowest BCUT2D eigenvalue weighted by molar-refractivity contribution is -0.117. The van der Waals surface area contributed by atoms with Crippen molar-refractivity contribution < 1.29 is 46.8 Å². The zero-order chi connectivity index (χ0) is 29.8. The van der Waals surface area contributed by atoms with Gasteiger partial charge in [-0.3, -0.25) is 14.5 Å². The molecule has 1 fully saturated rings. The summed E-state index contributed by atoms with van der Waals surface area (Å²) >= 11 is 0. The second-order valence-electron chi connectivity index (χ2n) is 8.13. The number of pyridine rings is 1. The van der Waals surface area contributed by atoms with Gasteiger partial charge in [0.25, 0.3) is 5.91 Å². The summed E-state index contributed by atoms with van der Waals surface area (Å²) in [4.78, 5) is 28.9. The molecule has 9 nitrogen and oxygen atoms in total. The van der Waals surface area contributed by atoms with Crippen molar-refractivity contribution in [2.45, 2.75) is 18.9 Å². The lowest BCUT2D eigenvalue weighted by atomic mass is 9.97. The summed E-state index contributed by atoms with van der Waals surface area (Å²) < 4.78 is 60.8. The first kappa shape index (κ1) is 32.0. The molecule has 2 amide bonds. The minimum atomic E-state index is -1.25. The molecule has 0 aliphatic carbocycles. The molecule has 3 aromatic rings. The molecule has 2 heterocycles. The van der Waals surface area contributed by atoms with Gasteiger partial charge in [-0.25, -0.2) is 22.5 Å². The van der Waals surface area contributed by atoms with Gasteiger partial charge >= 0.3 is 0 Å². The number of anilines is 1. The number of aliphatic hydroxyl groups excluding tert-OH is 2. The number of rotatable bonds is 6. The fraction of sp³-hybridized carbons (Fsp3) is 0.296. The zero-order valence-electron chi connectivity index (χ0n) is 22.0. The highest BCUT2D eigenvalue weighted by molar-refractivity contribution is 5.96. The monoisotopic (exact) mass is 567 g/mol. The molecular formula is C27H29F4N3O6. The number of hydrogen-bond donors (Lipinski definition) is 3. The Morgan fingerprint density at radius 3 is 2.08 bits per heavy atom. The average Bonchev–Trinajstić information content (AvgIpc) is 3.33. The fourth-order valence-corrected chi connectivity index (χ4v) is 3.82. The zero-order valence-corrected chi connectivity index (χ0v) is 22.0. The van der Waals surface area contributed by atoms with Crippen molar-refractivity contribution in [1.29, 1.82) is 0 Å². The number of ether oxygens (including phenoxy) is 2. The highest BCUT2D eigenvalue weighted by atomic mass is 19.1. The second-order valence-corrected chi connectivity index (χ2v) is 8.13. The van der Waals surface area contributed by atoms with Gasteiger partial charge in [-0.05, 0) is 24.3 Å². The Kier molecular flexibility index (Phi) is 12.3. The number of methoxy groups -OCH3 is 2. The Balaban J connectivity index is 0.000000333. The molecule has 13 heteroatoms. The second kappa shape index (κ2) is 15.4. The molecular weight excluding hydrogens is 538 g/mol. The summed E-state index contributed by atoms with van der Waals surface area (Å²) in [7, 11) is 4.31. The molecule has 0 spiro atoms. The number of hydrogen-bond acceptors (Lipinski definition) is 7. The van der Waals surface area contributed by atoms with Gasteiger partial charge in [0.05, 0.1) is 26.5 Å². The van der Waals surface area contributed by atoms with Gasteiger partial charge in [0.1, 0.15) is 34.8 Å². The molecule has 4 rings (SSSR count). The van der Waals surface area contributed by atoms with Crippen LogP contribution in [0.2, 0.25) is 0 Å². The molecule has 1 aromatic heterocycles. The van der Waals surface area contributed by atoms with Crippen LogP contribution < -0.4 is 19.7 Å². The number of carbonyl (C=O) groups excluding carboxylic acids is 2. The highest BCUT2D eigenvalue weighted by Crippen LogP contribution is 2.36. The minimum Gasteiger partial charge on any atom is -0.497 e. The summed E-state index contributed by atoms with van der Waals surface area (Å²) in [5.41, 5.74) is 0.651. The van der Waals surface area contributed by atoms with Gasteiger partial charge in [-0.2, -0.15) is 0 Å². The van der Waals surface area contributed by atoms with Crippen molar-refractivity contribution in [1.82, 2.24) is 10.3 Å². The Morgan fingerprint density at radius 2 is 1.57 bits per heavy atom. The standard InChI is InChI=1S/C18H18F2N2O4.C8H8FNO.CH3FO/c1-25-12-4-11(9-23)21-16(7-12)22-8-10(3-17(22)24)18-14(19)5-13(26-2)6-15(18)20;1-10-8(11)6-2-4-7(9)5-3-6;2-1-3/h4-7,10,23H,3,8-9H2,1-2H3;2-5H,1H3,(H,10,11);3H,1H2. The van der Waals surface area contributed by atoms with Crippen molar-refractivity contribution in [2.75, 3.05) is 39.6 Å². The Morgan fingerprint density at radius 1 is 1.02 bits per heavy atom. The van der Waals surface area contributed by atoms with Crippen LogP contribution in [-0.4, -0.2) is 61.7 Å². The minimum absolute atomic E-state index is 0.0481. The average molecular weight is 568 g/mol. The maximum Gasteiger partial charge on any atom is 0.251 e. The SMILES string of the molecule is CNC(=O)c1ccc(F)cc1.COc1cc(CO)nc(N2CC(c3c(F)cc(OC)cc3F)CC2=O)c1.OCF.